The fraction of sp³-hybridized carbons (Fsp3) is 0.667. The molecule has 20 heavy (non-hydrogen) atoms. The molecule has 2 nitrogen and oxygen atoms in total. The van der Waals surface area contributed by atoms with E-state index in [2.05, 4.69) is 55.3 Å². The van der Waals surface area contributed by atoms with Crippen LogP contribution in [-0.2, 0) is 13.1 Å². The number of piperidine rings is 1. The molecule has 0 radical (unpaired) electrons. The van der Waals surface area contributed by atoms with Gasteiger partial charge in [-0.05, 0) is 36.4 Å². The van der Waals surface area contributed by atoms with Crippen molar-refractivity contribution in [3.8, 4) is 0 Å². The monoisotopic (exact) mass is 274 g/mol. The van der Waals surface area contributed by atoms with Gasteiger partial charge in [0.25, 0.3) is 0 Å². The average Bonchev–Trinajstić information content (AvgIpc) is 2.47. The molecule has 1 aromatic rings. The molecule has 0 spiro atoms. The molecule has 0 amide bonds. The largest absolute Gasteiger partial charge is 0.310 e. The molecule has 2 rings (SSSR count). The van der Waals surface area contributed by atoms with Crippen LogP contribution in [0.4, 0.5) is 0 Å². The molecule has 1 fully saturated rings. The molecular formula is C18H30N2. The molecule has 112 valence electrons. The number of nitrogens with zero attached hydrogens (tertiary/aromatic N) is 1. The first kappa shape index (κ1) is 15.5. The van der Waals surface area contributed by atoms with Gasteiger partial charge in [0, 0.05) is 25.7 Å². The average molecular weight is 274 g/mol. The second-order valence-corrected chi connectivity index (χ2v) is 6.50. The molecule has 1 aliphatic heterocycles. The molecule has 1 atom stereocenters. The first-order chi connectivity index (χ1) is 9.67. The van der Waals surface area contributed by atoms with Gasteiger partial charge in [-0.1, -0.05) is 51.5 Å². The zero-order valence-electron chi connectivity index (χ0n) is 13.4. The summed E-state index contributed by atoms with van der Waals surface area (Å²) in [4.78, 5) is 2.62. The van der Waals surface area contributed by atoms with E-state index in [0.29, 0.717) is 6.04 Å². The molecule has 0 aliphatic carbocycles. The fourth-order valence-corrected chi connectivity index (χ4v) is 2.97. The Morgan fingerprint density at radius 2 is 1.90 bits per heavy atom. The van der Waals surface area contributed by atoms with E-state index in [4.69, 9.17) is 0 Å². The lowest BCUT2D eigenvalue weighted by Crippen LogP contribution is -2.34. The Balaban J connectivity index is 1.83. The number of benzene rings is 1. The van der Waals surface area contributed by atoms with Gasteiger partial charge in [-0.3, -0.25) is 4.90 Å². The third-order valence-electron chi connectivity index (χ3n) is 4.32. The van der Waals surface area contributed by atoms with Gasteiger partial charge in [0.2, 0.25) is 0 Å². The minimum atomic E-state index is 0.550. The summed E-state index contributed by atoms with van der Waals surface area (Å²) in [6, 6.07) is 9.69. The van der Waals surface area contributed by atoms with E-state index in [1.807, 2.05) is 0 Å². The lowest BCUT2D eigenvalue weighted by molar-refractivity contribution is 0.165. The maximum absolute atomic E-state index is 3.47. The van der Waals surface area contributed by atoms with Crippen molar-refractivity contribution >= 4 is 0 Å². The minimum absolute atomic E-state index is 0.550. The Morgan fingerprint density at radius 3 is 2.55 bits per heavy atom. The summed E-state index contributed by atoms with van der Waals surface area (Å²) < 4.78 is 0. The van der Waals surface area contributed by atoms with Crippen molar-refractivity contribution in [2.75, 3.05) is 13.1 Å². The van der Waals surface area contributed by atoms with Crippen LogP contribution in [0.3, 0.4) is 0 Å². The summed E-state index contributed by atoms with van der Waals surface area (Å²) in [5.74, 6) is 0.915. The zero-order chi connectivity index (χ0) is 14.4. The van der Waals surface area contributed by atoms with E-state index < -0.39 is 0 Å². The Hall–Kier alpha value is -0.860. The second-order valence-electron chi connectivity index (χ2n) is 6.50. The van der Waals surface area contributed by atoms with Crippen LogP contribution < -0.4 is 5.32 Å². The van der Waals surface area contributed by atoms with Crippen molar-refractivity contribution in [2.24, 2.45) is 5.92 Å². The first-order valence-electron chi connectivity index (χ1n) is 8.21. The van der Waals surface area contributed by atoms with E-state index in [0.717, 1.165) is 19.0 Å². The second kappa shape index (κ2) is 7.80. The predicted molar refractivity (Wildman–Crippen MR) is 86.7 cm³/mol. The third kappa shape index (κ3) is 4.92. The molecular weight excluding hydrogens is 244 g/mol. The number of hydrogen-bond donors (Lipinski definition) is 1. The lowest BCUT2D eigenvalue weighted by atomic mass is 9.95. The number of nitrogens with one attached hydrogen (secondary N) is 1. The summed E-state index contributed by atoms with van der Waals surface area (Å²) in [7, 11) is 0. The first-order valence-corrected chi connectivity index (χ1v) is 8.21. The highest BCUT2D eigenvalue weighted by molar-refractivity contribution is 5.22. The third-order valence-corrected chi connectivity index (χ3v) is 4.32. The SMILES string of the molecule is CCC1CCCN(Cc2ccc(CNC(C)C)cc2)C1. The summed E-state index contributed by atoms with van der Waals surface area (Å²) in [5.41, 5.74) is 2.84. The maximum atomic E-state index is 3.47. The minimum Gasteiger partial charge on any atom is -0.310 e. The molecule has 1 aromatic carbocycles. The maximum Gasteiger partial charge on any atom is 0.0233 e. The summed E-state index contributed by atoms with van der Waals surface area (Å²) >= 11 is 0. The predicted octanol–water partition coefficient (Wildman–Crippen LogP) is 3.81. The Labute approximate surface area is 124 Å². The Bertz CT molecular complexity index is 383. The molecule has 0 aromatic heterocycles. The standard InChI is InChI=1S/C18H30N2/c1-4-16-6-5-11-20(13-16)14-18-9-7-17(8-10-18)12-19-15(2)3/h7-10,15-16,19H,4-6,11-14H2,1-3H3. The van der Waals surface area contributed by atoms with E-state index in [1.165, 1.54) is 43.5 Å². The van der Waals surface area contributed by atoms with Crippen molar-refractivity contribution < 1.29 is 0 Å². The molecule has 1 heterocycles. The molecule has 1 unspecified atom stereocenters. The highest BCUT2D eigenvalue weighted by Gasteiger charge is 2.18. The number of likely N-dealkylation sites (tertiary alicyclic amines) is 1. The summed E-state index contributed by atoms with van der Waals surface area (Å²) in [6.45, 7) is 11.3. The molecule has 1 saturated heterocycles. The van der Waals surface area contributed by atoms with Crippen LogP contribution in [0.1, 0.15) is 51.2 Å². The highest BCUT2D eigenvalue weighted by Crippen LogP contribution is 2.20. The lowest BCUT2D eigenvalue weighted by Gasteiger charge is -2.32. The van der Waals surface area contributed by atoms with Crippen LogP contribution in [0.25, 0.3) is 0 Å². The van der Waals surface area contributed by atoms with Crippen molar-refractivity contribution in [1.29, 1.82) is 0 Å². The van der Waals surface area contributed by atoms with Crippen molar-refractivity contribution in [3.05, 3.63) is 35.4 Å². The normalized spacial score (nSPS) is 20.5. The molecule has 1 aliphatic rings. The Kier molecular flexibility index (Phi) is 6.06. The highest BCUT2D eigenvalue weighted by atomic mass is 15.1. The molecule has 0 bridgehead atoms. The van der Waals surface area contributed by atoms with Crippen LogP contribution in [0.15, 0.2) is 24.3 Å². The topological polar surface area (TPSA) is 15.3 Å². The summed E-state index contributed by atoms with van der Waals surface area (Å²) in [5, 5.41) is 3.47. The molecule has 2 heteroatoms. The van der Waals surface area contributed by atoms with Crippen LogP contribution in [0, 0.1) is 5.92 Å². The quantitative estimate of drug-likeness (QED) is 0.848. The van der Waals surface area contributed by atoms with Gasteiger partial charge in [-0.15, -0.1) is 0 Å². The van der Waals surface area contributed by atoms with Gasteiger partial charge < -0.3 is 5.32 Å². The van der Waals surface area contributed by atoms with Gasteiger partial charge in [-0.25, -0.2) is 0 Å². The van der Waals surface area contributed by atoms with Crippen molar-refractivity contribution in [3.63, 3.8) is 0 Å². The van der Waals surface area contributed by atoms with Crippen LogP contribution in [0.2, 0.25) is 0 Å². The van der Waals surface area contributed by atoms with Crippen molar-refractivity contribution in [1.82, 2.24) is 10.2 Å². The number of rotatable bonds is 6. The van der Waals surface area contributed by atoms with Crippen LogP contribution >= 0.6 is 0 Å². The van der Waals surface area contributed by atoms with E-state index in [1.54, 1.807) is 0 Å². The van der Waals surface area contributed by atoms with Crippen molar-refractivity contribution in [2.45, 2.75) is 59.2 Å². The molecule has 0 saturated carbocycles. The number of hydrogen-bond acceptors (Lipinski definition) is 2. The van der Waals surface area contributed by atoms with Crippen LogP contribution in [-0.4, -0.2) is 24.0 Å². The zero-order valence-corrected chi connectivity index (χ0v) is 13.4. The van der Waals surface area contributed by atoms with E-state index >= 15 is 0 Å². The smallest absolute Gasteiger partial charge is 0.0233 e. The van der Waals surface area contributed by atoms with E-state index in [9.17, 15) is 0 Å². The van der Waals surface area contributed by atoms with Gasteiger partial charge >= 0.3 is 0 Å². The Morgan fingerprint density at radius 1 is 1.20 bits per heavy atom. The van der Waals surface area contributed by atoms with Crippen LogP contribution in [0.5, 0.6) is 0 Å². The van der Waals surface area contributed by atoms with Gasteiger partial charge in [-0.2, -0.15) is 0 Å². The molecule has 1 N–H and O–H groups in total. The van der Waals surface area contributed by atoms with Gasteiger partial charge in [0.1, 0.15) is 0 Å². The summed E-state index contributed by atoms with van der Waals surface area (Å²) in [6.07, 6.45) is 4.12. The van der Waals surface area contributed by atoms with Gasteiger partial charge in [0.15, 0.2) is 0 Å². The fourth-order valence-electron chi connectivity index (χ4n) is 2.97. The van der Waals surface area contributed by atoms with E-state index in [-0.39, 0.29) is 0 Å². The van der Waals surface area contributed by atoms with Gasteiger partial charge in [0.05, 0.1) is 0 Å².